The second kappa shape index (κ2) is 6.58. The Balaban J connectivity index is 2.01. The summed E-state index contributed by atoms with van der Waals surface area (Å²) in [7, 11) is -0.606. The van der Waals surface area contributed by atoms with Gasteiger partial charge in [-0.2, -0.15) is 0 Å². The predicted molar refractivity (Wildman–Crippen MR) is 100 cm³/mol. The zero-order valence-corrected chi connectivity index (χ0v) is 16.4. The van der Waals surface area contributed by atoms with Gasteiger partial charge in [0.15, 0.2) is 0 Å². The Morgan fingerprint density at radius 3 is 2.16 bits per heavy atom. The van der Waals surface area contributed by atoms with Crippen molar-refractivity contribution in [1.82, 2.24) is 0 Å². The van der Waals surface area contributed by atoms with E-state index in [9.17, 15) is 10.1 Å². The molecule has 3 rings (SSSR count). The maximum atomic E-state index is 11.2. The first-order valence-electron chi connectivity index (χ1n) is 8.06. The summed E-state index contributed by atoms with van der Waals surface area (Å²) in [6.45, 7) is 7.91. The Morgan fingerprint density at radius 2 is 1.60 bits per heavy atom. The molecule has 1 fully saturated rings. The van der Waals surface area contributed by atoms with Gasteiger partial charge in [-0.3, -0.25) is 0 Å². The van der Waals surface area contributed by atoms with E-state index in [1.54, 1.807) is 12.1 Å². The van der Waals surface area contributed by atoms with Crippen LogP contribution in [0.2, 0.25) is 0 Å². The average Bonchev–Trinajstić information content (AvgIpc) is 2.76. The van der Waals surface area contributed by atoms with Crippen molar-refractivity contribution < 1.29 is 14.2 Å². The zero-order chi connectivity index (χ0) is 18.2. The number of nitro groups is 1. The van der Waals surface area contributed by atoms with Crippen molar-refractivity contribution in [3.8, 4) is 0 Å². The minimum atomic E-state index is -0.606. The molecule has 25 heavy (non-hydrogen) atoms. The first-order chi connectivity index (χ1) is 11.7. The minimum absolute atomic E-state index is 0.00924. The Bertz CT molecular complexity index is 779. The van der Waals surface area contributed by atoms with Crippen LogP contribution in [-0.4, -0.2) is 38.2 Å². The van der Waals surface area contributed by atoms with Crippen LogP contribution in [0.4, 0.5) is 5.69 Å². The molecule has 1 heterocycles. The van der Waals surface area contributed by atoms with E-state index in [1.807, 2.05) is 52.0 Å². The Hall–Kier alpha value is -1.66. The summed E-state index contributed by atoms with van der Waals surface area (Å²) < 4.78 is 14.5. The van der Waals surface area contributed by atoms with Crippen LogP contribution in [0, 0.1) is 10.1 Å². The number of hydrogen-bond acceptors (Lipinski definition) is 4. The first-order valence-corrected chi connectivity index (χ1v) is 9.78. The molecule has 130 valence electrons. The summed E-state index contributed by atoms with van der Waals surface area (Å²) in [6.07, 6.45) is 0. The van der Waals surface area contributed by atoms with E-state index in [2.05, 4.69) is 12.1 Å². The van der Waals surface area contributed by atoms with Crippen molar-refractivity contribution >= 4 is 42.1 Å². The second-order valence-electron chi connectivity index (χ2n) is 6.98. The van der Waals surface area contributed by atoms with Gasteiger partial charge in [0.1, 0.15) is 0 Å². The van der Waals surface area contributed by atoms with Crippen molar-refractivity contribution in [2.75, 3.05) is 0 Å². The van der Waals surface area contributed by atoms with Gasteiger partial charge in [0.2, 0.25) is 0 Å². The van der Waals surface area contributed by atoms with Crippen LogP contribution in [0.25, 0.3) is 0 Å². The fraction of sp³-hybridized carbons (Fsp3) is 0.333. The van der Waals surface area contributed by atoms with Crippen LogP contribution < -0.4 is 14.4 Å². The number of benzene rings is 2. The topological polar surface area (TPSA) is 61.6 Å². The SMILES string of the molecule is CC1(C)OB(c2cc([N+](=O)[O-])ccc2[Se]c2ccccc2)OC1(C)C. The number of nitro benzene ring substituents is 1. The van der Waals surface area contributed by atoms with Crippen molar-refractivity contribution in [3.05, 3.63) is 58.6 Å². The Labute approximate surface area is 154 Å². The maximum absolute atomic E-state index is 11.2. The fourth-order valence-corrected chi connectivity index (χ4v) is 4.52. The molecule has 0 N–H and O–H groups in total. The van der Waals surface area contributed by atoms with Crippen LogP contribution in [0.3, 0.4) is 0 Å². The number of hydrogen-bond donors (Lipinski definition) is 0. The number of nitrogens with zero attached hydrogens (tertiary/aromatic N) is 1. The Morgan fingerprint density at radius 1 is 1.00 bits per heavy atom. The normalized spacial score (nSPS) is 18.3. The summed E-state index contributed by atoms with van der Waals surface area (Å²) in [4.78, 5) is 10.8. The summed E-state index contributed by atoms with van der Waals surface area (Å²) in [6, 6.07) is 15.1. The standard InChI is InChI=1S/C18H20BNO4Se/c1-17(2)18(3,4)24-19(23-17)15-12-13(20(21)22)10-11-16(15)25-14-8-6-5-7-9-14/h5-12H,1-4H3. The quantitative estimate of drug-likeness (QED) is 0.441. The molecule has 0 bridgehead atoms. The summed E-state index contributed by atoms with van der Waals surface area (Å²) in [5, 5.41) is 11.2. The molecule has 0 unspecified atom stereocenters. The molecule has 0 aliphatic carbocycles. The van der Waals surface area contributed by atoms with Gasteiger partial charge < -0.3 is 0 Å². The number of non-ortho nitro benzene ring substituents is 1. The van der Waals surface area contributed by atoms with E-state index in [1.165, 1.54) is 4.46 Å². The van der Waals surface area contributed by atoms with Gasteiger partial charge in [-0.15, -0.1) is 0 Å². The molecule has 0 aromatic heterocycles. The third-order valence-electron chi connectivity index (χ3n) is 4.68. The molecule has 2 aromatic rings. The second-order valence-corrected chi connectivity index (χ2v) is 9.32. The first kappa shape index (κ1) is 18.1. The molecule has 0 amide bonds. The molecule has 0 radical (unpaired) electrons. The molecule has 5 nitrogen and oxygen atoms in total. The van der Waals surface area contributed by atoms with Crippen LogP contribution in [0.15, 0.2) is 48.5 Å². The molecule has 0 saturated carbocycles. The van der Waals surface area contributed by atoms with E-state index in [-0.39, 0.29) is 25.6 Å². The molecule has 1 saturated heterocycles. The molecular weight excluding hydrogens is 384 g/mol. The van der Waals surface area contributed by atoms with Crippen molar-refractivity contribution in [2.45, 2.75) is 38.9 Å². The summed E-state index contributed by atoms with van der Waals surface area (Å²) >= 11 is 0.00924. The van der Waals surface area contributed by atoms with Crippen molar-refractivity contribution in [1.29, 1.82) is 0 Å². The van der Waals surface area contributed by atoms with Crippen LogP contribution in [0.5, 0.6) is 0 Å². The number of rotatable bonds is 4. The van der Waals surface area contributed by atoms with Crippen molar-refractivity contribution in [3.63, 3.8) is 0 Å². The van der Waals surface area contributed by atoms with Crippen LogP contribution in [-0.2, 0) is 9.31 Å². The Kier molecular flexibility index (Phi) is 4.77. The predicted octanol–water partition coefficient (Wildman–Crippen LogP) is 1.55. The van der Waals surface area contributed by atoms with Crippen LogP contribution >= 0.6 is 0 Å². The molecule has 0 spiro atoms. The zero-order valence-electron chi connectivity index (χ0n) is 14.7. The summed E-state index contributed by atoms with van der Waals surface area (Å²) in [5.74, 6) is 0. The molecule has 1 aliphatic heterocycles. The van der Waals surface area contributed by atoms with Gasteiger partial charge in [-0.05, 0) is 0 Å². The molecule has 0 atom stereocenters. The van der Waals surface area contributed by atoms with Gasteiger partial charge in [-0.1, -0.05) is 0 Å². The molecule has 2 aromatic carbocycles. The van der Waals surface area contributed by atoms with E-state index < -0.39 is 18.3 Å². The monoisotopic (exact) mass is 405 g/mol. The van der Waals surface area contributed by atoms with E-state index in [0.717, 1.165) is 9.92 Å². The van der Waals surface area contributed by atoms with Gasteiger partial charge >= 0.3 is 154 Å². The molecule has 7 heteroatoms. The van der Waals surface area contributed by atoms with Crippen LogP contribution in [0.1, 0.15) is 27.7 Å². The van der Waals surface area contributed by atoms with Gasteiger partial charge in [0.25, 0.3) is 0 Å². The van der Waals surface area contributed by atoms with Gasteiger partial charge in [0.05, 0.1) is 0 Å². The van der Waals surface area contributed by atoms with E-state index >= 15 is 0 Å². The third kappa shape index (κ3) is 3.65. The third-order valence-corrected chi connectivity index (χ3v) is 6.99. The molecule has 1 aliphatic rings. The average molecular weight is 404 g/mol. The summed E-state index contributed by atoms with van der Waals surface area (Å²) in [5.41, 5.74) is -0.174. The molecular formula is C18H20BNO4Se. The van der Waals surface area contributed by atoms with Gasteiger partial charge in [-0.25, -0.2) is 0 Å². The van der Waals surface area contributed by atoms with E-state index in [0.29, 0.717) is 0 Å². The van der Waals surface area contributed by atoms with Gasteiger partial charge in [0, 0.05) is 0 Å². The van der Waals surface area contributed by atoms with E-state index in [4.69, 9.17) is 9.31 Å². The van der Waals surface area contributed by atoms with Crippen molar-refractivity contribution in [2.24, 2.45) is 0 Å². The fourth-order valence-electron chi connectivity index (χ4n) is 2.51.